The molecule has 4 aromatic rings. The Labute approximate surface area is 231 Å². The van der Waals surface area contributed by atoms with E-state index < -0.39 is 6.04 Å². The van der Waals surface area contributed by atoms with Gasteiger partial charge in [-0.15, -0.1) is 0 Å². The first-order chi connectivity index (χ1) is 18.8. The van der Waals surface area contributed by atoms with E-state index in [1.165, 1.54) is 5.56 Å². The molecule has 0 fully saturated rings. The molecule has 0 bridgehead atoms. The number of unbranched alkanes of at least 4 members (excludes halogenated alkanes) is 1. The second-order valence-electron chi connectivity index (χ2n) is 10.2. The lowest BCUT2D eigenvalue weighted by Gasteiger charge is -2.31. The molecule has 4 rings (SSSR count). The number of para-hydroxylation sites is 1. The van der Waals surface area contributed by atoms with Crippen LogP contribution in [0.25, 0.3) is 16.6 Å². The molecule has 0 radical (unpaired) electrons. The van der Waals surface area contributed by atoms with Crippen LogP contribution in [0.3, 0.4) is 0 Å². The van der Waals surface area contributed by atoms with Crippen molar-refractivity contribution in [3.63, 3.8) is 0 Å². The number of hydrogen-bond acceptors (Lipinski definition) is 4. The first kappa shape index (κ1) is 28.2. The second-order valence-corrected chi connectivity index (χ2v) is 10.2. The van der Waals surface area contributed by atoms with E-state index in [1.807, 2.05) is 80.3 Å². The van der Waals surface area contributed by atoms with Gasteiger partial charge in [0.25, 0.3) is 11.5 Å². The fourth-order valence-corrected chi connectivity index (χ4v) is 5.07. The van der Waals surface area contributed by atoms with Crippen LogP contribution in [-0.2, 0) is 11.2 Å². The Morgan fingerprint density at radius 2 is 1.77 bits per heavy atom. The quantitative estimate of drug-likeness (QED) is 0.207. The van der Waals surface area contributed by atoms with Crippen molar-refractivity contribution in [2.75, 3.05) is 20.3 Å². The third-order valence-corrected chi connectivity index (χ3v) is 7.26. The molecule has 0 spiro atoms. The number of aromatic nitrogens is 2. The Balaban J connectivity index is 1.83. The molecule has 0 aliphatic heterocycles. The molecule has 0 saturated heterocycles. The maximum absolute atomic E-state index is 14.0. The summed E-state index contributed by atoms with van der Waals surface area (Å²) in [7, 11) is 1.66. The maximum Gasteiger partial charge on any atom is 0.266 e. The summed E-state index contributed by atoms with van der Waals surface area (Å²) in [5, 5.41) is 0.549. The fourth-order valence-electron chi connectivity index (χ4n) is 5.07. The molecule has 39 heavy (non-hydrogen) atoms. The van der Waals surface area contributed by atoms with Crippen molar-refractivity contribution in [3.05, 3.63) is 105 Å². The highest BCUT2D eigenvalue weighted by molar-refractivity contribution is 5.94. The minimum Gasteiger partial charge on any atom is -0.385 e. The molecule has 1 atom stereocenters. The summed E-state index contributed by atoms with van der Waals surface area (Å²) in [6.45, 7) is 9.17. The molecule has 0 aliphatic rings. The van der Waals surface area contributed by atoms with Gasteiger partial charge in [0, 0.05) is 25.8 Å². The summed E-state index contributed by atoms with van der Waals surface area (Å²) in [4.78, 5) is 34.7. The van der Waals surface area contributed by atoms with Gasteiger partial charge in [0.05, 0.1) is 22.6 Å². The van der Waals surface area contributed by atoms with E-state index in [-0.39, 0.29) is 11.5 Å². The standard InChI is InChI=1S/C33H39N3O3/c1-6-7-11-26-15-17-27(18-16-26)32(37)35(20-10-21-39-5)25(4)31-34-29-13-9-8-12-28(29)33(38)36(31)30-19-14-23(2)22-24(30)3/h8-9,12-19,22,25H,6-7,10-11,20-21H2,1-5H3. The lowest BCUT2D eigenvalue weighted by atomic mass is 10.0. The van der Waals surface area contributed by atoms with E-state index in [2.05, 4.69) is 13.0 Å². The van der Waals surface area contributed by atoms with Crippen molar-refractivity contribution >= 4 is 16.8 Å². The number of benzene rings is 3. The smallest absolute Gasteiger partial charge is 0.266 e. The van der Waals surface area contributed by atoms with E-state index in [1.54, 1.807) is 17.7 Å². The first-order valence-corrected chi connectivity index (χ1v) is 13.8. The predicted molar refractivity (Wildman–Crippen MR) is 158 cm³/mol. The average molecular weight is 526 g/mol. The number of ether oxygens (including phenoxy) is 1. The van der Waals surface area contributed by atoms with Crippen LogP contribution in [-0.4, -0.2) is 40.6 Å². The largest absolute Gasteiger partial charge is 0.385 e. The number of carbonyl (C=O) groups is 1. The van der Waals surface area contributed by atoms with Crippen molar-refractivity contribution in [3.8, 4) is 5.69 Å². The topological polar surface area (TPSA) is 64.4 Å². The van der Waals surface area contributed by atoms with Crippen LogP contribution in [0.5, 0.6) is 0 Å². The van der Waals surface area contributed by atoms with E-state index in [0.29, 0.717) is 41.9 Å². The molecular formula is C33H39N3O3. The Morgan fingerprint density at radius 1 is 1.03 bits per heavy atom. The zero-order valence-electron chi connectivity index (χ0n) is 23.7. The second kappa shape index (κ2) is 12.9. The minimum atomic E-state index is -0.466. The molecule has 0 aliphatic carbocycles. The van der Waals surface area contributed by atoms with Gasteiger partial charge in [-0.3, -0.25) is 14.2 Å². The van der Waals surface area contributed by atoms with Crippen LogP contribution in [0.1, 0.15) is 72.0 Å². The predicted octanol–water partition coefficient (Wildman–Crippen LogP) is 6.59. The molecule has 3 aromatic carbocycles. The summed E-state index contributed by atoms with van der Waals surface area (Å²) in [5.74, 6) is 0.450. The molecular weight excluding hydrogens is 486 g/mol. The lowest BCUT2D eigenvalue weighted by Crippen LogP contribution is -2.38. The SMILES string of the molecule is CCCCc1ccc(C(=O)N(CCCOC)C(C)c2nc3ccccc3c(=O)n2-c2ccc(C)cc2C)cc1. The Morgan fingerprint density at radius 3 is 2.46 bits per heavy atom. The highest BCUT2D eigenvalue weighted by atomic mass is 16.5. The van der Waals surface area contributed by atoms with Gasteiger partial charge < -0.3 is 9.64 Å². The zero-order valence-corrected chi connectivity index (χ0v) is 23.7. The number of fused-ring (bicyclic) bond motifs is 1. The first-order valence-electron chi connectivity index (χ1n) is 13.8. The number of carbonyl (C=O) groups excluding carboxylic acids is 1. The van der Waals surface area contributed by atoms with E-state index in [4.69, 9.17) is 9.72 Å². The number of methoxy groups -OCH3 is 1. The Bertz CT molecular complexity index is 1490. The van der Waals surface area contributed by atoms with E-state index in [0.717, 1.165) is 36.1 Å². The van der Waals surface area contributed by atoms with Crippen LogP contribution >= 0.6 is 0 Å². The molecule has 0 N–H and O–H groups in total. The highest BCUT2D eigenvalue weighted by Gasteiger charge is 2.28. The molecule has 1 aromatic heterocycles. The van der Waals surface area contributed by atoms with E-state index >= 15 is 0 Å². The van der Waals surface area contributed by atoms with Gasteiger partial charge in [-0.25, -0.2) is 4.98 Å². The molecule has 204 valence electrons. The summed E-state index contributed by atoms with van der Waals surface area (Å²) in [6, 6.07) is 20.9. The van der Waals surface area contributed by atoms with Crippen molar-refractivity contribution in [1.29, 1.82) is 0 Å². The van der Waals surface area contributed by atoms with Crippen molar-refractivity contribution in [2.24, 2.45) is 0 Å². The summed E-state index contributed by atoms with van der Waals surface area (Å²) >= 11 is 0. The van der Waals surface area contributed by atoms with Crippen LogP contribution in [0, 0.1) is 13.8 Å². The number of aryl methyl sites for hydroxylation is 3. The number of hydrogen-bond donors (Lipinski definition) is 0. The normalized spacial score (nSPS) is 12.0. The molecule has 0 saturated carbocycles. The highest BCUT2D eigenvalue weighted by Crippen LogP contribution is 2.26. The van der Waals surface area contributed by atoms with Gasteiger partial charge in [-0.2, -0.15) is 0 Å². The van der Waals surface area contributed by atoms with Crippen molar-refractivity contribution in [2.45, 2.75) is 59.4 Å². The van der Waals surface area contributed by atoms with Gasteiger partial charge in [-0.05, 0) is 81.5 Å². The lowest BCUT2D eigenvalue weighted by molar-refractivity contribution is 0.0657. The van der Waals surface area contributed by atoms with Gasteiger partial charge in [0.2, 0.25) is 0 Å². The number of nitrogens with zero attached hydrogens (tertiary/aromatic N) is 3. The molecule has 1 heterocycles. The number of rotatable bonds is 11. The average Bonchev–Trinajstić information content (AvgIpc) is 2.94. The Kier molecular flexibility index (Phi) is 9.31. The van der Waals surface area contributed by atoms with Gasteiger partial charge in [0.1, 0.15) is 5.82 Å². The monoisotopic (exact) mass is 525 g/mol. The van der Waals surface area contributed by atoms with Crippen LogP contribution in [0.2, 0.25) is 0 Å². The Hall–Kier alpha value is -3.77. The van der Waals surface area contributed by atoms with Gasteiger partial charge in [0.15, 0.2) is 0 Å². The van der Waals surface area contributed by atoms with Crippen LogP contribution in [0.4, 0.5) is 0 Å². The van der Waals surface area contributed by atoms with Crippen LogP contribution in [0.15, 0.2) is 71.5 Å². The molecule has 6 heteroatoms. The minimum absolute atomic E-state index is 0.0877. The molecule has 1 unspecified atom stereocenters. The fraction of sp³-hybridized carbons (Fsp3) is 0.364. The summed E-state index contributed by atoms with van der Waals surface area (Å²) in [6.07, 6.45) is 3.92. The number of amides is 1. The van der Waals surface area contributed by atoms with E-state index in [9.17, 15) is 9.59 Å². The van der Waals surface area contributed by atoms with Crippen molar-refractivity contribution < 1.29 is 9.53 Å². The van der Waals surface area contributed by atoms with Crippen LogP contribution < -0.4 is 5.56 Å². The summed E-state index contributed by atoms with van der Waals surface area (Å²) < 4.78 is 6.99. The molecule has 1 amide bonds. The molecule has 6 nitrogen and oxygen atoms in total. The summed E-state index contributed by atoms with van der Waals surface area (Å²) in [5.41, 5.74) is 5.20. The zero-order chi connectivity index (χ0) is 27.9. The third kappa shape index (κ3) is 6.28. The van der Waals surface area contributed by atoms with Gasteiger partial charge >= 0.3 is 0 Å². The third-order valence-electron chi connectivity index (χ3n) is 7.26. The maximum atomic E-state index is 14.0. The van der Waals surface area contributed by atoms with Gasteiger partial charge in [-0.1, -0.05) is 55.3 Å². The van der Waals surface area contributed by atoms with Crippen molar-refractivity contribution in [1.82, 2.24) is 14.5 Å².